The molecule has 0 saturated heterocycles. The van der Waals surface area contributed by atoms with E-state index < -0.39 is 6.04 Å². The summed E-state index contributed by atoms with van der Waals surface area (Å²) in [6.07, 6.45) is 2.04. The summed E-state index contributed by atoms with van der Waals surface area (Å²) < 4.78 is 1.74. The number of pyridine rings is 2. The van der Waals surface area contributed by atoms with Gasteiger partial charge < -0.3 is 10.8 Å². The number of aliphatic hydroxyl groups excluding tert-OH is 1. The van der Waals surface area contributed by atoms with E-state index in [0.29, 0.717) is 17.2 Å². The van der Waals surface area contributed by atoms with Crippen LogP contribution < -0.4 is 5.73 Å². The van der Waals surface area contributed by atoms with Gasteiger partial charge in [0.15, 0.2) is 5.82 Å². The van der Waals surface area contributed by atoms with E-state index in [0.717, 1.165) is 22.2 Å². The first-order chi connectivity index (χ1) is 14.0. The van der Waals surface area contributed by atoms with Crippen LogP contribution in [0.3, 0.4) is 0 Å². The van der Waals surface area contributed by atoms with Crippen molar-refractivity contribution in [1.82, 2.24) is 19.7 Å². The first kappa shape index (κ1) is 18.9. The van der Waals surface area contributed by atoms with Crippen LogP contribution in [0.5, 0.6) is 0 Å². The molecule has 4 aromatic rings. The Bertz CT molecular complexity index is 1180. The molecule has 0 spiro atoms. The fraction of sp³-hybridized carbons (Fsp3) is 0.182. The number of benzene rings is 1. The molecule has 1 unspecified atom stereocenters. The SMILES string of the molecule is CC(=O)CC(N)c1cccc(-c2ccc3cnn(-c4cccc(CO)n4)c3c2)n1. The molecule has 0 radical (unpaired) electrons. The topological polar surface area (TPSA) is 107 Å². The lowest BCUT2D eigenvalue weighted by molar-refractivity contribution is -0.117. The zero-order valence-corrected chi connectivity index (χ0v) is 16.0. The second-order valence-electron chi connectivity index (χ2n) is 6.94. The number of fused-ring (bicyclic) bond motifs is 1. The smallest absolute Gasteiger partial charge is 0.154 e. The predicted molar refractivity (Wildman–Crippen MR) is 110 cm³/mol. The lowest BCUT2D eigenvalue weighted by Crippen LogP contribution is -2.15. The summed E-state index contributed by atoms with van der Waals surface area (Å²) >= 11 is 0. The standard InChI is InChI=1S/C22H21N5O2/c1-14(29)10-18(23)20-6-3-5-19(26-20)15-8-9-16-12-24-27(21(16)11-15)22-7-2-4-17(13-28)25-22/h2-9,11-12,18,28H,10,13,23H2,1H3. The van der Waals surface area contributed by atoms with Crippen molar-refractivity contribution in [2.45, 2.75) is 26.0 Å². The number of carbonyl (C=O) groups is 1. The van der Waals surface area contributed by atoms with E-state index >= 15 is 0 Å². The van der Waals surface area contributed by atoms with Crippen molar-refractivity contribution in [2.75, 3.05) is 0 Å². The van der Waals surface area contributed by atoms with E-state index in [1.807, 2.05) is 48.5 Å². The molecule has 1 aromatic carbocycles. The van der Waals surface area contributed by atoms with Gasteiger partial charge in [-0.3, -0.25) is 9.78 Å². The summed E-state index contributed by atoms with van der Waals surface area (Å²) in [5, 5.41) is 14.8. The maximum Gasteiger partial charge on any atom is 0.154 e. The molecule has 0 bridgehead atoms. The Morgan fingerprint density at radius 3 is 2.76 bits per heavy atom. The number of nitrogens with zero attached hydrogens (tertiary/aromatic N) is 4. The molecule has 0 aliphatic carbocycles. The summed E-state index contributed by atoms with van der Waals surface area (Å²) in [4.78, 5) is 20.5. The number of aromatic nitrogens is 4. The van der Waals surface area contributed by atoms with Crippen molar-refractivity contribution >= 4 is 16.7 Å². The van der Waals surface area contributed by atoms with Gasteiger partial charge >= 0.3 is 0 Å². The molecule has 3 N–H and O–H groups in total. The van der Waals surface area contributed by atoms with Crippen LogP contribution in [0.2, 0.25) is 0 Å². The number of Topliss-reactive ketones (excluding diaryl/α,β-unsaturated/α-hetero) is 1. The maximum atomic E-state index is 11.4. The van der Waals surface area contributed by atoms with Crippen LogP contribution >= 0.6 is 0 Å². The Balaban J connectivity index is 1.75. The minimum Gasteiger partial charge on any atom is -0.390 e. The number of ketones is 1. The van der Waals surface area contributed by atoms with Crippen LogP contribution in [-0.4, -0.2) is 30.6 Å². The molecular formula is C22H21N5O2. The lowest BCUT2D eigenvalue weighted by atomic mass is 10.1. The van der Waals surface area contributed by atoms with Gasteiger partial charge in [-0.25, -0.2) is 9.67 Å². The van der Waals surface area contributed by atoms with Crippen molar-refractivity contribution in [3.63, 3.8) is 0 Å². The third-order valence-electron chi connectivity index (χ3n) is 4.70. The molecule has 4 rings (SSSR count). The van der Waals surface area contributed by atoms with Crippen molar-refractivity contribution in [3.8, 4) is 17.1 Å². The molecule has 146 valence electrons. The summed E-state index contributed by atoms with van der Waals surface area (Å²) in [6.45, 7) is 1.40. The molecule has 3 aromatic heterocycles. The molecule has 7 heteroatoms. The maximum absolute atomic E-state index is 11.4. The van der Waals surface area contributed by atoms with Crippen molar-refractivity contribution in [1.29, 1.82) is 0 Å². The average Bonchev–Trinajstić information content (AvgIpc) is 3.16. The zero-order valence-electron chi connectivity index (χ0n) is 16.0. The molecular weight excluding hydrogens is 366 g/mol. The molecule has 0 amide bonds. The number of rotatable bonds is 6. The fourth-order valence-electron chi connectivity index (χ4n) is 3.27. The Morgan fingerprint density at radius 1 is 1.14 bits per heavy atom. The number of carbonyl (C=O) groups excluding carboxylic acids is 1. The van der Waals surface area contributed by atoms with E-state index in [1.165, 1.54) is 6.92 Å². The molecule has 7 nitrogen and oxygen atoms in total. The largest absolute Gasteiger partial charge is 0.390 e. The highest BCUT2D eigenvalue weighted by atomic mass is 16.3. The van der Waals surface area contributed by atoms with Crippen molar-refractivity contribution in [3.05, 3.63) is 72.2 Å². The third-order valence-corrected chi connectivity index (χ3v) is 4.70. The highest BCUT2D eigenvalue weighted by molar-refractivity contribution is 5.85. The highest BCUT2D eigenvalue weighted by Gasteiger charge is 2.13. The van der Waals surface area contributed by atoms with Gasteiger partial charge in [0.05, 0.1) is 41.4 Å². The van der Waals surface area contributed by atoms with E-state index in [9.17, 15) is 9.90 Å². The molecule has 1 atom stereocenters. The highest BCUT2D eigenvalue weighted by Crippen LogP contribution is 2.26. The van der Waals surface area contributed by atoms with Crippen LogP contribution in [0.15, 0.2) is 60.8 Å². The second-order valence-corrected chi connectivity index (χ2v) is 6.94. The Hall–Kier alpha value is -3.42. The Morgan fingerprint density at radius 2 is 1.97 bits per heavy atom. The van der Waals surface area contributed by atoms with Crippen LogP contribution in [0.4, 0.5) is 0 Å². The first-order valence-corrected chi connectivity index (χ1v) is 9.32. The monoisotopic (exact) mass is 387 g/mol. The van der Waals surface area contributed by atoms with Crippen LogP contribution in [-0.2, 0) is 11.4 Å². The lowest BCUT2D eigenvalue weighted by Gasteiger charge is -2.11. The molecule has 0 aliphatic rings. The summed E-state index contributed by atoms with van der Waals surface area (Å²) in [5.74, 6) is 0.668. The summed E-state index contributed by atoms with van der Waals surface area (Å²) in [7, 11) is 0. The van der Waals surface area contributed by atoms with E-state index in [2.05, 4.69) is 15.1 Å². The van der Waals surface area contributed by atoms with Gasteiger partial charge in [0.25, 0.3) is 0 Å². The predicted octanol–water partition coefficient (Wildman–Crippen LogP) is 2.95. The fourth-order valence-corrected chi connectivity index (χ4v) is 3.27. The number of nitrogens with two attached hydrogens (primary N) is 1. The van der Waals surface area contributed by atoms with Crippen molar-refractivity contribution in [2.24, 2.45) is 5.73 Å². The van der Waals surface area contributed by atoms with Crippen LogP contribution in [0.1, 0.15) is 30.8 Å². The summed E-state index contributed by atoms with van der Waals surface area (Å²) in [6, 6.07) is 16.6. The van der Waals surface area contributed by atoms with Gasteiger partial charge in [-0.2, -0.15) is 5.10 Å². The van der Waals surface area contributed by atoms with Crippen LogP contribution in [0.25, 0.3) is 28.0 Å². The van der Waals surface area contributed by atoms with E-state index in [1.54, 1.807) is 16.9 Å². The second kappa shape index (κ2) is 7.90. The minimum absolute atomic E-state index is 0.0348. The Kier molecular flexibility index (Phi) is 5.16. The molecule has 29 heavy (non-hydrogen) atoms. The van der Waals surface area contributed by atoms with Gasteiger partial charge in [-0.15, -0.1) is 0 Å². The van der Waals surface area contributed by atoms with Crippen LogP contribution in [0, 0.1) is 0 Å². The van der Waals surface area contributed by atoms with Gasteiger partial charge in [0.1, 0.15) is 5.78 Å². The average molecular weight is 387 g/mol. The molecule has 0 fully saturated rings. The summed E-state index contributed by atoms with van der Waals surface area (Å²) in [5.41, 5.74) is 9.94. The van der Waals surface area contributed by atoms with E-state index in [-0.39, 0.29) is 18.8 Å². The molecule has 0 saturated carbocycles. The first-order valence-electron chi connectivity index (χ1n) is 9.32. The van der Waals surface area contributed by atoms with Crippen molar-refractivity contribution < 1.29 is 9.90 Å². The number of hydrogen-bond acceptors (Lipinski definition) is 6. The van der Waals surface area contributed by atoms with Gasteiger partial charge in [-0.05, 0) is 37.3 Å². The minimum atomic E-state index is -0.424. The normalized spacial score (nSPS) is 12.2. The molecule has 0 aliphatic heterocycles. The van der Waals surface area contributed by atoms with Gasteiger partial charge in [0.2, 0.25) is 0 Å². The quantitative estimate of drug-likeness (QED) is 0.527. The number of hydrogen-bond donors (Lipinski definition) is 2. The molecule has 3 heterocycles. The Labute approximate surface area is 167 Å². The van der Waals surface area contributed by atoms with E-state index in [4.69, 9.17) is 5.73 Å². The zero-order chi connectivity index (χ0) is 20.4. The third kappa shape index (κ3) is 3.91. The van der Waals surface area contributed by atoms with Gasteiger partial charge in [0, 0.05) is 17.4 Å². The van der Waals surface area contributed by atoms with Gasteiger partial charge in [-0.1, -0.05) is 24.3 Å². The number of aliphatic hydroxyl groups is 1.